The Morgan fingerprint density at radius 1 is 1.53 bits per heavy atom. The van der Waals surface area contributed by atoms with Crippen LogP contribution in [0.1, 0.15) is 31.1 Å². The van der Waals surface area contributed by atoms with E-state index in [9.17, 15) is 9.90 Å². The predicted octanol–water partition coefficient (Wildman–Crippen LogP) is 2.41. The lowest BCUT2D eigenvalue weighted by atomic mass is 10.0. The van der Waals surface area contributed by atoms with Crippen LogP contribution in [0.2, 0.25) is 0 Å². The number of nitrogens with one attached hydrogen (secondary N) is 1. The van der Waals surface area contributed by atoms with Crippen molar-refractivity contribution in [3.63, 3.8) is 0 Å². The van der Waals surface area contributed by atoms with Gasteiger partial charge in [-0.1, -0.05) is 6.07 Å². The topological polar surface area (TPSA) is 52.6 Å². The van der Waals surface area contributed by atoms with Crippen LogP contribution in [-0.2, 0) is 0 Å². The van der Waals surface area contributed by atoms with Crippen LogP contribution in [0.5, 0.6) is 0 Å². The smallest absolute Gasteiger partial charge is 0.337 e. The zero-order valence-electron chi connectivity index (χ0n) is 10.4. The van der Waals surface area contributed by atoms with Crippen LogP contribution in [0.4, 0.5) is 11.4 Å². The summed E-state index contributed by atoms with van der Waals surface area (Å²) in [6, 6.07) is 5.96. The van der Waals surface area contributed by atoms with Crippen molar-refractivity contribution >= 4 is 17.3 Å². The van der Waals surface area contributed by atoms with Gasteiger partial charge in [0.15, 0.2) is 0 Å². The maximum Gasteiger partial charge on any atom is 0.337 e. The summed E-state index contributed by atoms with van der Waals surface area (Å²) in [6.07, 6.45) is 0. The molecule has 1 aromatic rings. The predicted molar refractivity (Wildman–Crippen MR) is 69.0 cm³/mol. The number of para-hydroxylation sites is 1. The molecule has 0 aliphatic carbocycles. The van der Waals surface area contributed by atoms with E-state index in [1.54, 1.807) is 12.1 Å². The fourth-order valence-corrected chi connectivity index (χ4v) is 2.48. The van der Waals surface area contributed by atoms with Gasteiger partial charge >= 0.3 is 5.97 Å². The molecule has 0 saturated heterocycles. The number of carboxylic acid groups (broad SMARTS) is 1. The molecule has 0 aromatic heterocycles. The molecule has 2 rings (SSSR count). The third-order valence-electron chi connectivity index (χ3n) is 3.14. The number of fused-ring (bicyclic) bond motifs is 1. The van der Waals surface area contributed by atoms with Gasteiger partial charge in [-0.25, -0.2) is 4.79 Å². The average Bonchev–Trinajstić information content (AvgIpc) is 2.27. The van der Waals surface area contributed by atoms with Crippen LogP contribution in [0.25, 0.3) is 0 Å². The van der Waals surface area contributed by atoms with E-state index in [0.717, 1.165) is 17.9 Å². The summed E-state index contributed by atoms with van der Waals surface area (Å²) in [5.41, 5.74) is 2.10. The Kier molecular flexibility index (Phi) is 2.96. The average molecular weight is 234 g/mol. The van der Waals surface area contributed by atoms with E-state index in [4.69, 9.17) is 0 Å². The normalized spacial score (nSPS) is 18.8. The molecular formula is C13H18N2O2. The highest BCUT2D eigenvalue weighted by Gasteiger charge is 2.28. The highest BCUT2D eigenvalue weighted by molar-refractivity contribution is 5.99. The lowest BCUT2D eigenvalue weighted by Crippen LogP contribution is -2.46. The van der Waals surface area contributed by atoms with Crippen molar-refractivity contribution in [1.29, 1.82) is 0 Å². The van der Waals surface area contributed by atoms with Crippen molar-refractivity contribution in [2.24, 2.45) is 0 Å². The van der Waals surface area contributed by atoms with E-state index >= 15 is 0 Å². The first kappa shape index (κ1) is 11.8. The van der Waals surface area contributed by atoms with Crippen molar-refractivity contribution in [2.75, 3.05) is 16.8 Å². The van der Waals surface area contributed by atoms with Gasteiger partial charge in [0.25, 0.3) is 0 Å². The summed E-state index contributed by atoms with van der Waals surface area (Å²) in [5.74, 6) is -0.872. The van der Waals surface area contributed by atoms with Gasteiger partial charge in [0.05, 0.1) is 16.9 Å². The van der Waals surface area contributed by atoms with Crippen molar-refractivity contribution in [2.45, 2.75) is 32.9 Å². The number of rotatable bonds is 2. The molecule has 4 nitrogen and oxygen atoms in total. The van der Waals surface area contributed by atoms with E-state index in [1.807, 2.05) is 6.07 Å². The van der Waals surface area contributed by atoms with Crippen LogP contribution in [0.15, 0.2) is 18.2 Å². The monoisotopic (exact) mass is 234 g/mol. The van der Waals surface area contributed by atoms with Crippen LogP contribution >= 0.6 is 0 Å². The Labute approximate surface area is 101 Å². The van der Waals surface area contributed by atoms with Crippen LogP contribution in [-0.4, -0.2) is 29.7 Å². The van der Waals surface area contributed by atoms with Gasteiger partial charge in [0.1, 0.15) is 0 Å². The summed E-state index contributed by atoms with van der Waals surface area (Å²) < 4.78 is 0. The first-order valence-corrected chi connectivity index (χ1v) is 5.91. The van der Waals surface area contributed by atoms with Gasteiger partial charge in [-0.2, -0.15) is 0 Å². The molecule has 1 heterocycles. The fourth-order valence-electron chi connectivity index (χ4n) is 2.48. The molecule has 1 unspecified atom stereocenters. The highest BCUT2D eigenvalue weighted by Crippen LogP contribution is 2.36. The molecule has 4 heteroatoms. The molecule has 1 atom stereocenters. The molecule has 0 spiro atoms. The van der Waals surface area contributed by atoms with Gasteiger partial charge in [0, 0.05) is 18.6 Å². The Balaban J connectivity index is 2.59. The van der Waals surface area contributed by atoms with Gasteiger partial charge in [-0.05, 0) is 32.9 Å². The molecule has 0 bridgehead atoms. The van der Waals surface area contributed by atoms with Gasteiger partial charge < -0.3 is 15.3 Å². The van der Waals surface area contributed by atoms with Gasteiger partial charge in [-0.3, -0.25) is 0 Å². The molecule has 92 valence electrons. The summed E-state index contributed by atoms with van der Waals surface area (Å²) in [6.45, 7) is 7.12. The maximum absolute atomic E-state index is 11.3. The second-order valence-electron chi connectivity index (χ2n) is 4.74. The molecule has 2 N–H and O–H groups in total. The third-order valence-corrected chi connectivity index (χ3v) is 3.14. The van der Waals surface area contributed by atoms with Crippen LogP contribution < -0.4 is 10.2 Å². The van der Waals surface area contributed by atoms with Crippen LogP contribution in [0, 0.1) is 0 Å². The fraction of sp³-hybridized carbons (Fsp3) is 0.462. The first-order valence-electron chi connectivity index (χ1n) is 5.91. The SMILES string of the molecule is CC(C)N1c2c(cccc2C(=O)O)NCC1C. The van der Waals surface area contributed by atoms with E-state index in [2.05, 4.69) is 31.0 Å². The number of carboxylic acids is 1. The number of hydrogen-bond acceptors (Lipinski definition) is 3. The third kappa shape index (κ3) is 1.95. The molecule has 0 fully saturated rings. The number of benzene rings is 1. The standard InChI is InChI=1S/C13H18N2O2/c1-8(2)15-9(3)7-14-11-6-4-5-10(12(11)15)13(16)17/h4-6,8-9,14H,7H2,1-3H3,(H,16,17). The Morgan fingerprint density at radius 3 is 2.82 bits per heavy atom. The number of aromatic carboxylic acids is 1. The summed E-state index contributed by atoms with van der Waals surface area (Å²) in [4.78, 5) is 13.5. The highest BCUT2D eigenvalue weighted by atomic mass is 16.4. The molecule has 0 radical (unpaired) electrons. The number of hydrogen-bond donors (Lipinski definition) is 2. The van der Waals surface area contributed by atoms with Gasteiger partial charge in [0.2, 0.25) is 0 Å². The summed E-state index contributed by atoms with van der Waals surface area (Å²) in [5, 5.41) is 12.6. The van der Waals surface area contributed by atoms with Crippen molar-refractivity contribution in [3.8, 4) is 0 Å². The zero-order chi connectivity index (χ0) is 12.6. The van der Waals surface area contributed by atoms with E-state index in [1.165, 1.54) is 0 Å². The molecule has 1 aliphatic heterocycles. The minimum absolute atomic E-state index is 0.284. The zero-order valence-corrected chi connectivity index (χ0v) is 10.4. The second kappa shape index (κ2) is 4.28. The quantitative estimate of drug-likeness (QED) is 0.825. The van der Waals surface area contributed by atoms with E-state index in [0.29, 0.717) is 11.6 Å². The first-order chi connectivity index (χ1) is 8.02. The minimum atomic E-state index is -0.872. The Morgan fingerprint density at radius 2 is 2.24 bits per heavy atom. The largest absolute Gasteiger partial charge is 0.478 e. The Hall–Kier alpha value is -1.71. The lowest BCUT2D eigenvalue weighted by molar-refractivity contribution is 0.0697. The number of anilines is 2. The van der Waals surface area contributed by atoms with Gasteiger partial charge in [-0.15, -0.1) is 0 Å². The maximum atomic E-state index is 11.3. The molecule has 1 aliphatic rings. The van der Waals surface area contributed by atoms with Crippen molar-refractivity contribution < 1.29 is 9.90 Å². The van der Waals surface area contributed by atoms with E-state index in [-0.39, 0.29) is 6.04 Å². The van der Waals surface area contributed by atoms with E-state index < -0.39 is 5.97 Å². The summed E-state index contributed by atoms with van der Waals surface area (Å²) in [7, 11) is 0. The molecule has 17 heavy (non-hydrogen) atoms. The number of nitrogens with zero attached hydrogens (tertiary/aromatic N) is 1. The molecule has 0 amide bonds. The Bertz CT molecular complexity index is 443. The lowest BCUT2D eigenvalue weighted by Gasteiger charge is -2.41. The number of carbonyl (C=O) groups is 1. The second-order valence-corrected chi connectivity index (χ2v) is 4.74. The van der Waals surface area contributed by atoms with Crippen molar-refractivity contribution in [3.05, 3.63) is 23.8 Å². The van der Waals surface area contributed by atoms with Crippen molar-refractivity contribution in [1.82, 2.24) is 0 Å². The molecular weight excluding hydrogens is 216 g/mol. The minimum Gasteiger partial charge on any atom is -0.478 e. The van der Waals surface area contributed by atoms with Crippen LogP contribution in [0.3, 0.4) is 0 Å². The summed E-state index contributed by atoms with van der Waals surface area (Å²) >= 11 is 0. The molecule has 1 aromatic carbocycles. The molecule has 0 saturated carbocycles.